The van der Waals surface area contributed by atoms with Crippen molar-refractivity contribution < 1.29 is 9.84 Å². The van der Waals surface area contributed by atoms with Gasteiger partial charge in [-0.3, -0.25) is 0 Å². The molecular formula is C18H19ClO2. The summed E-state index contributed by atoms with van der Waals surface area (Å²) in [5, 5.41) is 11.0. The number of rotatable bonds is 5. The van der Waals surface area contributed by atoms with Crippen LogP contribution < -0.4 is 4.74 Å². The first-order valence-corrected chi connectivity index (χ1v) is 7.69. The topological polar surface area (TPSA) is 29.5 Å². The molecule has 0 aromatic heterocycles. The summed E-state index contributed by atoms with van der Waals surface area (Å²) in [5.41, 5.74) is 2.77. The summed E-state index contributed by atoms with van der Waals surface area (Å²) in [6.45, 7) is 1.90. The molecule has 2 aromatic rings. The van der Waals surface area contributed by atoms with Crippen LogP contribution in [0.15, 0.2) is 48.5 Å². The molecule has 0 radical (unpaired) electrons. The average Bonchev–Trinajstić information content (AvgIpc) is 2.44. The van der Waals surface area contributed by atoms with Crippen molar-refractivity contribution in [2.75, 3.05) is 0 Å². The van der Waals surface area contributed by atoms with Gasteiger partial charge in [-0.15, -0.1) is 0 Å². The van der Waals surface area contributed by atoms with Crippen LogP contribution in [0.4, 0.5) is 0 Å². The van der Waals surface area contributed by atoms with E-state index in [0.29, 0.717) is 16.7 Å². The Balaban J connectivity index is 1.57. The predicted molar refractivity (Wildman–Crippen MR) is 85.1 cm³/mol. The van der Waals surface area contributed by atoms with E-state index in [4.69, 9.17) is 16.3 Å². The van der Waals surface area contributed by atoms with E-state index >= 15 is 0 Å². The van der Waals surface area contributed by atoms with E-state index in [0.717, 1.165) is 12.8 Å². The third kappa shape index (κ3) is 3.22. The molecule has 1 aliphatic rings. The van der Waals surface area contributed by atoms with Crippen molar-refractivity contribution in [3.63, 3.8) is 0 Å². The van der Waals surface area contributed by atoms with Crippen LogP contribution in [0.1, 0.15) is 30.4 Å². The quantitative estimate of drug-likeness (QED) is 0.897. The van der Waals surface area contributed by atoms with E-state index in [1.54, 1.807) is 12.1 Å². The molecule has 1 N–H and O–H groups in total. The van der Waals surface area contributed by atoms with E-state index in [1.807, 2.05) is 19.1 Å². The second-order valence-corrected chi connectivity index (χ2v) is 6.12. The lowest BCUT2D eigenvalue weighted by Crippen LogP contribution is -2.32. The van der Waals surface area contributed by atoms with E-state index in [2.05, 4.69) is 24.3 Å². The minimum absolute atomic E-state index is 0.253. The smallest absolute Gasteiger partial charge is 0.122 e. The molecule has 3 rings (SSSR count). The van der Waals surface area contributed by atoms with Gasteiger partial charge < -0.3 is 9.84 Å². The number of ether oxygens (including phenoxy) is 1. The van der Waals surface area contributed by atoms with Crippen LogP contribution in [0, 0.1) is 0 Å². The molecule has 2 nitrogen and oxygen atoms in total. The molecule has 0 amide bonds. The number of benzene rings is 2. The molecule has 21 heavy (non-hydrogen) atoms. The lowest BCUT2D eigenvalue weighted by molar-refractivity contribution is 0.0353. The van der Waals surface area contributed by atoms with Crippen LogP contribution in [-0.4, -0.2) is 17.3 Å². The van der Waals surface area contributed by atoms with Crippen LogP contribution in [0.5, 0.6) is 5.75 Å². The maximum Gasteiger partial charge on any atom is 0.122 e. The zero-order valence-electron chi connectivity index (χ0n) is 12.0. The fourth-order valence-corrected chi connectivity index (χ4v) is 3.07. The van der Waals surface area contributed by atoms with Crippen molar-refractivity contribution in [3.8, 4) is 5.75 Å². The summed E-state index contributed by atoms with van der Waals surface area (Å²) in [4.78, 5) is 0. The molecule has 2 aromatic carbocycles. The maximum atomic E-state index is 10.4. The van der Waals surface area contributed by atoms with Gasteiger partial charge in [0, 0.05) is 5.02 Å². The van der Waals surface area contributed by atoms with Gasteiger partial charge in [0.1, 0.15) is 11.9 Å². The Morgan fingerprint density at radius 3 is 2.81 bits per heavy atom. The lowest BCUT2D eigenvalue weighted by atomic mass is 9.74. The first-order valence-electron chi connectivity index (χ1n) is 7.31. The third-order valence-electron chi connectivity index (χ3n) is 4.15. The molecule has 1 aliphatic carbocycles. The highest BCUT2D eigenvalue weighted by atomic mass is 35.5. The Bertz CT molecular complexity index is 626. The van der Waals surface area contributed by atoms with E-state index in [1.165, 1.54) is 11.1 Å². The molecule has 3 atom stereocenters. The Morgan fingerprint density at radius 2 is 2.05 bits per heavy atom. The highest BCUT2D eigenvalue weighted by Gasteiger charge is 2.29. The Labute approximate surface area is 130 Å². The average molecular weight is 303 g/mol. The van der Waals surface area contributed by atoms with Crippen molar-refractivity contribution >= 4 is 11.6 Å². The molecule has 0 saturated carbocycles. The predicted octanol–water partition coefficient (Wildman–Crippen LogP) is 4.20. The second-order valence-electron chi connectivity index (χ2n) is 5.68. The summed E-state index contributed by atoms with van der Waals surface area (Å²) < 4.78 is 5.78. The number of aliphatic hydroxyl groups excluding tert-OH is 1. The fraction of sp³-hybridized carbons (Fsp3) is 0.333. The van der Waals surface area contributed by atoms with Gasteiger partial charge in [0.25, 0.3) is 0 Å². The van der Waals surface area contributed by atoms with Crippen molar-refractivity contribution in [1.29, 1.82) is 0 Å². The number of halogens is 1. The van der Waals surface area contributed by atoms with Gasteiger partial charge in [-0.2, -0.15) is 0 Å². The molecular weight excluding hydrogens is 284 g/mol. The van der Waals surface area contributed by atoms with Crippen molar-refractivity contribution in [3.05, 3.63) is 64.7 Å². The van der Waals surface area contributed by atoms with Crippen LogP contribution in [0.25, 0.3) is 0 Å². The minimum atomic E-state index is -0.484. The van der Waals surface area contributed by atoms with E-state index in [-0.39, 0.29) is 6.10 Å². The lowest BCUT2D eigenvalue weighted by Gasteiger charge is -2.33. The first kappa shape index (κ1) is 14.4. The van der Waals surface area contributed by atoms with Gasteiger partial charge >= 0.3 is 0 Å². The highest BCUT2D eigenvalue weighted by molar-refractivity contribution is 6.30. The zero-order chi connectivity index (χ0) is 14.8. The molecule has 110 valence electrons. The molecule has 3 heteroatoms. The third-order valence-corrected chi connectivity index (χ3v) is 4.38. The van der Waals surface area contributed by atoms with Crippen molar-refractivity contribution in [2.45, 2.75) is 37.9 Å². The number of hydrogen-bond acceptors (Lipinski definition) is 2. The van der Waals surface area contributed by atoms with Crippen LogP contribution in [0.2, 0.25) is 5.02 Å². The van der Waals surface area contributed by atoms with Gasteiger partial charge in [0.15, 0.2) is 0 Å². The zero-order valence-corrected chi connectivity index (χ0v) is 12.8. The summed E-state index contributed by atoms with van der Waals surface area (Å²) in [6, 6.07) is 15.7. The molecule has 0 saturated heterocycles. The van der Waals surface area contributed by atoms with Crippen LogP contribution >= 0.6 is 11.6 Å². The van der Waals surface area contributed by atoms with Crippen LogP contribution in [0.3, 0.4) is 0 Å². The van der Waals surface area contributed by atoms with Gasteiger partial charge in [-0.1, -0.05) is 41.9 Å². The van der Waals surface area contributed by atoms with E-state index in [9.17, 15) is 5.11 Å². The Morgan fingerprint density at radius 1 is 1.24 bits per heavy atom. The normalized spacial score (nSPS) is 19.3. The molecule has 0 fully saturated rings. The van der Waals surface area contributed by atoms with Crippen molar-refractivity contribution in [1.82, 2.24) is 0 Å². The van der Waals surface area contributed by atoms with Gasteiger partial charge in [-0.25, -0.2) is 0 Å². The Kier molecular flexibility index (Phi) is 4.18. The number of fused-ring (bicyclic) bond motifs is 1. The molecule has 0 heterocycles. The molecule has 0 bridgehead atoms. The molecule has 3 unspecified atom stereocenters. The summed E-state index contributed by atoms with van der Waals surface area (Å²) in [5.74, 6) is 1.14. The number of aliphatic hydroxyl groups is 1. The summed E-state index contributed by atoms with van der Waals surface area (Å²) in [7, 11) is 0. The van der Waals surface area contributed by atoms with E-state index < -0.39 is 6.10 Å². The number of hydrogen-bond donors (Lipinski definition) is 1. The Hall–Kier alpha value is -1.51. The minimum Gasteiger partial charge on any atom is -0.488 e. The molecule has 0 aliphatic heterocycles. The summed E-state index contributed by atoms with van der Waals surface area (Å²) in [6.07, 6.45) is 1.05. The summed E-state index contributed by atoms with van der Waals surface area (Å²) >= 11 is 5.94. The van der Waals surface area contributed by atoms with Gasteiger partial charge in [0.2, 0.25) is 0 Å². The molecule has 0 spiro atoms. The van der Waals surface area contributed by atoms with Gasteiger partial charge in [-0.05, 0) is 55.0 Å². The fourth-order valence-electron chi connectivity index (χ4n) is 2.89. The highest BCUT2D eigenvalue weighted by Crippen LogP contribution is 2.38. The standard InChI is InChI=1S/C18H19ClO2/c1-12(21-16-7-4-6-15(19)11-16)18(20)10-14-9-13-5-2-3-8-17(13)14/h2-8,11-12,14,18,20H,9-10H2,1H3. The van der Waals surface area contributed by atoms with Gasteiger partial charge in [0.05, 0.1) is 6.10 Å². The monoisotopic (exact) mass is 302 g/mol. The SMILES string of the molecule is CC(Oc1cccc(Cl)c1)C(O)CC1Cc2ccccc21. The largest absolute Gasteiger partial charge is 0.488 e. The maximum absolute atomic E-state index is 10.4. The van der Waals surface area contributed by atoms with Crippen LogP contribution in [-0.2, 0) is 6.42 Å². The van der Waals surface area contributed by atoms with Crippen molar-refractivity contribution in [2.24, 2.45) is 0 Å². The second kappa shape index (κ2) is 6.08. The first-order chi connectivity index (χ1) is 10.1.